The van der Waals surface area contributed by atoms with E-state index in [2.05, 4.69) is 15.9 Å². The molecule has 1 aromatic rings. The van der Waals surface area contributed by atoms with Crippen LogP contribution in [0.25, 0.3) is 0 Å². The van der Waals surface area contributed by atoms with Crippen LogP contribution in [0.5, 0.6) is 5.75 Å². The maximum atomic E-state index is 12.4. The van der Waals surface area contributed by atoms with Gasteiger partial charge in [0.2, 0.25) is 5.91 Å². The van der Waals surface area contributed by atoms with Crippen molar-refractivity contribution in [3.8, 4) is 5.75 Å². The van der Waals surface area contributed by atoms with Gasteiger partial charge in [-0.15, -0.1) is 0 Å². The van der Waals surface area contributed by atoms with E-state index in [4.69, 9.17) is 26.8 Å². The van der Waals surface area contributed by atoms with Crippen LogP contribution < -0.4 is 10.5 Å². The van der Waals surface area contributed by atoms with E-state index in [9.17, 15) is 9.59 Å². The van der Waals surface area contributed by atoms with E-state index >= 15 is 0 Å². The van der Waals surface area contributed by atoms with Crippen LogP contribution in [0, 0.1) is 0 Å². The van der Waals surface area contributed by atoms with Gasteiger partial charge in [0.1, 0.15) is 5.75 Å². The van der Waals surface area contributed by atoms with Gasteiger partial charge in [-0.3, -0.25) is 9.59 Å². The Balaban J connectivity index is 2.01. The van der Waals surface area contributed by atoms with Crippen molar-refractivity contribution in [1.82, 2.24) is 4.90 Å². The molecule has 0 aliphatic carbocycles. The minimum atomic E-state index is -0.771. The van der Waals surface area contributed by atoms with E-state index in [1.165, 1.54) is 4.90 Å². The summed E-state index contributed by atoms with van der Waals surface area (Å²) in [5.74, 6) is -0.284. The molecule has 0 aromatic heterocycles. The maximum Gasteiger partial charge on any atom is 0.263 e. The number of hydrogen-bond acceptors (Lipinski definition) is 4. The van der Waals surface area contributed by atoms with Crippen molar-refractivity contribution in [3.05, 3.63) is 27.7 Å². The molecule has 0 saturated carbocycles. The first-order chi connectivity index (χ1) is 10.4. The number of morpholine rings is 1. The minimum Gasteiger partial charge on any atom is -0.480 e. The first kappa shape index (κ1) is 17.1. The van der Waals surface area contributed by atoms with Crippen molar-refractivity contribution in [2.24, 2.45) is 5.73 Å². The minimum absolute atomic E-state index is 0.143. The van der Waals surface area contributed by atoms with Gasteiger partial charge in [-0.25, -0.2) is 0 Å². The van der Waals surface area contributed by atoms with E-state index in [1.807, 2.05) is 0 Å². The number of nitrogens with zero attached hydrogens (tertiary/aromatic N) is 1. The van der Waals surface area contributed by atoms with Gasteiger partial charge < -0.3 is 20.1 Å². The number of rotatable bonds is 4. The van der Waals surface area contributed by atoms with Crippen molar-refractivity contribution >= 4 is 39.3 Å². The smallest absolute Gasteiger partial charge is 0.263 e. The highest BCUT2D eigenvalue weighted by atomic mass is 79.9. The molecule has 1 aromatic carbocycles. The fourth-order valence-corrected chi connectivity index (χ4v) is 2.87. The number of halogens is 2. The van der Waals surface area contributed by atoms with Crippen molar-refractivity contribution in [1.29, 1.82) is 0 Å². The van der Waals surface area contributed by atoms with Crippen LogP contribution in [-0.2, 0) is 14.3 Å². The van der Waals surface area contributed by atoms with Crippen LogP contribution in [-0.4, -0.2) is 48.6 Å². The number of hydrogen-bond donors (Lipinski definition) is 1. The van der Waals surface area contributed by atoms with Gasteiger partial charge in [0.05, 0.1) is 17.6 Å². The molecule has 22 heavy (non-hydrogen) atoms. The Morgan fingerprint density at radius 2 is 2.27 bits per heavy atom. The third kappa shape index (κ3) is 4.12. The zero-order valence-electron chi connectivity index (χ0n) is 11.9. The van der Waals surface area contributed by atoms with Gasteiger partial charge >= 0.3 is 0 Å². The Morgan fingerprint density at radius 1 is 1.55 bits per heavy atom. The van der Waals surface area contributed by atoms with Crippen LogP contribution in [0.4, 0.5) is 0 Å². The molecule has 2 atom stereocenters. The van der Waals surface area contributed by atoms with Gasteiger partial charge in [0, 0.05) is 11.6 Å². The Morgan fingerprint density at radius 3 is 2.91 bits per heavy atom. The molecule has 1 fully saturated rings. The summed E-state index contributed by atoms with van der Waals surface area (Å²) < 4.78 is 11.5. The van der Waals surface area contributed by atoms with Gasteiger partial charge in [-0.2, -0.15) is 0 Å². The number of ether oxygens (including phenoxy) is 2. The number of carbonyl (C=O) groups excluding carboxylic acids is 2. The molecule has 1 aliphatic rings. The first-order valence-electron chi connectivity index (χ1n) is 6.70. The number of nitrogens with two attached hydrogens (primary N) is 1. The predicted molar refractivity (Wildman–Crippen MR) is 84.8 cm³/mol. The summed E-state index contributed by atoms with van der Waals surface area (Å²) in [6, 6.07) is 5.05. The monoisotopic (exact) mass is 390 g/mol. The molecule has 120 valence electrons. The van der Waals surface area contributed by atoms with E-state index < -0.39 is 18.1 Å². The molecule has 1 heterocycles. The number of benzene rings is 1. The van der Waals surface area contributed by atoms with Crippen molar-refractivity contribution in [3.63, 3.8) is 0 Å². The van der Waals surface area contributed by atoms with Crippen LogP contribution in [0.1, 0.15) is 6.92 Å². The quantitative estimate of drug-likeness (QED) is 0.845. The molecule has 2 rings (SSSR count). The summed E-state index contributed by atoms with van der Waals surface area (Å²) in [6.45, 7) is 2.47. The largest absolute Gasteiger partial charge is 0.480 e. The van der Waals surface area contributed by atoms with Crippen LogP contribution >= 0.6 is 27.5 Å². The van der Waals surface area contributed by atoms with Crippen molar-refractivity contribution in [2.45, 2.75) is 19.1 Å². The van der Waals surface area contributed by atoms with Gasteiger partial charge in [-0.05, 0) is 41.1 Å². The zero-order valence-corrected chi connectivity index (χ0v) is 14.3. The highest BCUT2D eigenvalue weighted by Crippen LogP contribution is 2.29. The third-order valence-corrected chi connectivity index (χ3v) is 4.10. The molecule has 0 radical (unpaired) electrons. The fraction of sp³-hybridized carbons (Fsp3) is 0.429. The lowest BCUT2D eigenvalue weighted by Crippen LogP contribution is -2.53. The molecule has 2 unspecified atom stereocenters. The van der Waals surface area contributed by atoms with E-state index in [-0.39, 0.29) is 19.1 Å². The second-order valence-corrected chi connectivity index (χ2v) is 6.17. The van der Waals surface area contributed by atoms with Crippen molar-refractivity contribution in [2.75, 3.05) is 19.7 Å². The molecular weight excluding hydrogens is 376 g/mol. The summed E-state index contributed by atoms with van der Waals surface area (Å²) in [6.07, 6.45) is -1.48. The number of primary amides is 1. The van der Waals surface area contributed by atoms with Gasteiger partial charge in [0.25, 0.3) is 5.91 Å². The second kappa shape index (κ2) is 7.30. The normalized spacial score (nSPS) is 19.6. The van der Waals surface area contributed by atoms with E-state index in [0.29, 0.717) is 21.8 Å². The molecule has 0 bridgehead atoms. The summed E-state index contributed by atoms with van der Waals surface area (Å²) in [7, 11) is 0. The van der Waals surface area contributed by atoms with Crippen LogP contribution in [0.15, 0.2) is 22.7 Å². The molecule has 2 N–H and O–H groups in total. The van der Waals surface area contributed by atoms with Crippen LogP contribution in [0.2, 0.25) is 5.02 Å². The lowest BCUT2D eigenvalue weighted by Gasteiger charge is -2.33. The Kier molecular flexibility index (Phi) is 5.66. The SMILES string of the molecule is CC(Oc1ccc(Cl)cc1Br)C(=O)N1CCOC(C(N)=O)C1. The Bertz CT molecular complexity index is 584. The predicted octanol–water partition coefficient (Wildman–Crippen LogP) is 1.58. The van der Waals surface area contributed by atoms with Crippen LogP contribution in [0.3, 0.4) is 0 Å². The lowest BCUT2D eigenvalue weighted by atomic mass is 10.2. The summed E-state index contributed by atoms with van der Waals surface area (Å²) in [5, 5.41) is 0.565. The average molecular weight is 392 g/mol. The molecule has 1 aliphatic heterocycles. The third-order valence-electron chi connectivity index (χ3n) is 3.24. The van der Waals surface area contributed by atoms with Crippen molar-refractivity contribution < 1.29 is 19.1 Å². The molecular formula is C14H16BrClN2O4. The number of amides is 2. The van der Waals surface area contributed by atoms with Gasteiger partial charge in [0.15, 0.2) is 12.2 Å². The molecule has 6 nitrogen and oxygen atoms in total. The summed E-state index contributed by atoms with van der Waals surface area (Å²) in [5.41, 5.74) is 5.21. The topological polar surface area (TPSA) is 81.9 Å². The molecule has 8 heteroatoms. The number of carbonyl (C=O) groups is 2. The van der Waals surface area contributed by atoms with Gasteiger partial charge in [-0.1, -0.05) is 11.6 Å². The first-order valence-corrected chi connectivity index (χ1v) is 7.87. The fourth-order valence-electron chi connectivity index (χ4n) is 2.09. The highest BCUT2D eigenvalue weighted by molar-refractivity contribution is 9.10. The lowest BCUT2D eigenvalue weighted by molar-refractivity contribution is -0.150. The molecule has 2 amide bonds. The highest BCUT2D eigenvalue weighted by Gasteiger charge is 2.30. The maximum absolute atomic E-state index is 12.4. The average Bonchev–Trinajstić information content (AvgIpc) is 2.49. The zero-order chi connectivity index (χ0) is 16.3. The Labute approximate surface area is 141 Å². The standard InChI is InChI=1S/C14H16BrClN2O4/c1-8(22-11-3-2-9(16)6-10(11)15)14(20)18-4-5-21-12(7-18)13(17)19/h2-3,6,8,12H,4-5,7H2,1H3,(H2,17,19). The second-order valence-electron chi connectivity index (χ2n) is 4.88. The summed E-state index contributed by atoms with van der Waals surface area (Å²) >= 11 is 9.20. The molecule has 0 spiro atoms. The van der Waals surface area contributed by atoms with E-state index in [0.717, 1.165) is 0 Å². The summed E-state index contributed by atoms with van der Waals surface area (Å²) in [4.78, 5) is 25.1. The van der Waals surface area contributed by atoms with E-state index in [1.54, 1.807) is 25.1 Å². The Hall–Kier alpha value is -1.31. The molecule has 1 saturated heterocycles.